The fourth-order valence-electron chi connectivity index (χ4n) is 4.11. The van der Waals surface area contributed by atoms with E-state index in [-0.39, 0.29) is 17.4 Å². The van der Waals surface area contributed by atoms with Gasteiger partial charge in [0.2, 0.25) is 5.91 Å². The molecule has 0 aliphatic carbocycles. The molecule has 146 valence electrons. The van der Waals surface area contributed by atoms with E-state index in [2.05, 4.69) is 9.97 Å². The van der Waals surface area contributed by atoms with Crippen LogP contribution < -0.4 is 5.56 Å². The molecule has 1 N–H and O–H groups in total. The summed E-state index contributed by atoms with van der Waals surface area (Å²) in [7, 11) is 0. The average Bonchev–Trinajstić information content (AvgIpc) is 3.12. The zero-order valence-electron chi connectivity index (χ0n) is 15.8. The molecule has 1 unspecified atom stereocenters. The van der Waals surface area contributed by atoms with E-state index in [1.165, 1.54) is 6.20 Å². The van der Waals surface area contributed by atoms with E-state index in [9.17, 15) is 14.4 Å². The monoisotopic (exact) mass is 380 g/mol. The first-order valence-corrected chi connectivity index (χ1v) is 9.82. The molecule has 2 aliphatic rings. The fourth-order valence-corrected chi connectivity index (χ4v) is 4.11. The van der Waals surface area contributed by atoms with Gasteiger partial charge in [-0.15, -0.1) is 0 Å². The Morgan fingerprint density at radius 2 is 1.93 bits per heavy atom. The topological polar surface area (TPSA) is 86.4 Å². The summed E-state index contributed by atoms with van der Waals surface area (Å²) in [5.41, 5.74) is 1.81. The molecule has 0 bridgehead atoms. The highest BCUT2D eigenvalue weighted by Gasteiger charge is 2.28. The van der Waals surface area contributed by atoms with Gasteiger partial charge in [0, 0.05) is 38.2 Å². The van der Waals surface area contributed by atoms with Gasteiger partial charge in [-0.05, 0) is 42.9 Å². The number of H-pyrrole nitrogens is 1. The minimum atomic E-state index is -0.256. The zero-order chi connectivity index (χ0) is 19.5. The largest absolute Gasteiger partial charge is 0.342 e. The Morgan fingerprint density at radius 3 is 2.64 bits per heavy atom. The molecule has 1 aromatic carbocycles. The van der Waals surface area contributed by atoms with Gasteiger partial charge in [-0.2, -0.15) is 0 Å². The molecule has 0 spiro atoms. The van der Waals surface area contributed by atoms with E-state index >= 15 is 0 Å². The van der Waals surface area contributed by atoms with Gasteiger partial charge in [0.05, 0.1) is 18.1 Å². The van der Waals surface area contributed by atoms with Gasteiger partial charge in [0.15, 0.2) is 0 Å². The maximum absolute atomic E-state index is 12.9. The van der Waals surface area contributed by atoms with Crippen LogP contribution in [0.1, 0.15) is 36.0 Å². The Bertz CT molecular complexity index is 922. The highest BCUT2D eigenvalue weighted by atomic mass is 16.2. The van der Waals surface area contributed by atoms with Crippen molar-refractivity contribution in [1.29, 1.82) is 0 Å². The van der Waals surface area contributed by atoms with Crippen LogP contribution in [-0.2, 0) is 4.79 Å². The van der Waals surface area contributed by atoms with Crippen molar-refractivity contribution in [3.8, 4) is 11.3 Å². The van der Waals surface area contributed by atoms with Crippen LogP contribution in [0.2, 0.25) is 0 Å². The SMILES string of the molecule is O=C1CCCN1CC1CCCN(C(=O)c2ccc(-c3cncc(=O)[nH]3)cc2)C1. The van der Waals surface area contributed by atoms with Gasteiger partial charge < -0.3 is 14.8 Å². The highest BCUT2D eigenvalue weighted by molar-refractivity contribution is 5.94. The number of carbonyl (C=O) groups is 2. The highest BCUT2D eigenvalue weighted by Crippen LogP contribution is 2.23. The molecule has 2 aliphatic heterocycles. The third-order valence-corrected chi connectivity index (χ3v) is 5.55. The predicted octanol–water partition coefficient (Wildman–Crippen LogP) is 1.91. The number of aromatic amines is 1. The van der Waals surface area contributed by atoms with E-state index in [0.29, 0.717) is 30.1 Å². The van der Waals surface area contributed by atoms with E-state index in [1.54, 1.807) is 18.3 Å². The van der Waals surface area contributed by atoms with Crippen LogP contribution in [0.15, 0.2) is 41.5 Å². The first-order valence-electron chi connectivity index (χ1n) is 9.82. The van der Waals surface area contributed by atoms with Crippen LogP contribution in [-0.4, -0.2) is 57.8 Å². The number of rotatable bonds is 4. The number of amides is 2. The first kappa shape index (κ1) is 18.4. The van der Waals surface area contributed by atoms with Gasteiger partial charge >= 0.3 is 0 Å². The van der Waals surface area contributed by atoms with Gasteiger partial charge in [0.25, 0.3) is 11.5 Å². The summed E-state index contributed by atoms with van der Waals surface area (Å²) >= 11 is 0. The lowest BCUT2D eigenvalue weighted by atomic mass is 9.96. The van der Waals surface area contributed by atoms with Crippen molar-refractivity contribution in [2.45, 2.75) is 25.7 Å². The standard InChI is InChI=1S/C21H24N4O3/c26-19-12-22-11-18(23-19)16-5-7-17(8-6-16)21(28)25-10-1-3-15(14-25)13-24-9-2-4-20(24)27/h5-8,11-12,15H,1-4,9-10,13-14H2,(H,23,26). The molecule has 28 heavy (non-hydrogen) atoms. The summed E-state index contributed by atoms with van der Waals surface area (Å²) in [4.78, 5) is 46.7. The Labute approximate surface area is 163 Å². The van der Waals surface area contributed by atoms with E-state index in [1.807, 2.05) is 21.9 Å². The molecule has 2 aromatic rings. The smallest absolute Gasteiger partial charge is 0.266 e. The summed E-state index contributed by atoms with van der Waals surface area (Å²) in [6.07, 6.45) is 6.44. The van der Waals surface area contributed by atoms with Crippen LogP contribution >= 0.6 is 0 Å². The normalized spacial score (nSPS) is 19.9. The molecular weight excluding hydrogens is 356 g/mol. The minimum Gasteiger partial charge on any atom is -0.342 e. The maximum atomic E-state index is 12.9. The summed E-state index contributed by atoms with van der Waals surface area (Å²) < 4.78 is 0. The summed E-state index contributed by atoms with van der Waals surface area (Å²) in [6, 6.07) is 7.22. The number of likely N-dealkylation sites (tertiary alicyclic amines) is 2. The van der Waals surface area contributed by atoms with Crippen molar-refractivity contribution in [3.05, 3.63) is 52.6 Å². The molecule has 1 aromatic heterocycles. The molecule has 0 saturated carbocycles. The molecule has 0 radical (unpaired) electrons. The Hall–Kier alpha value is -2.96. The molecule has 2 amide bonds. The lowest BCUT2D eigenvalue weighted by Gasteiger charge is -2.34. The molecular formula is C21H24N4O3. The average molecular weight is 380 g/mol. The Morgan fingerprint density at radius 1 is 1.11 bits per heavy atom. The third-order valence-electron chi connectivity index (χ3n) is 5.55. The Balaban J connectivity index is 1.42. The molecule has 2 fully saturated rings. The van der Waals surface area contributed by atoms with Crippen LogP contribution in [0.3, 0.4) is 0 Å². The van der Waals surface area contributed by atoms with Crippen LogP contribution in [0.25, 0.3) is 11.3 Å². The number of hydrogen-bond acceptors (Lipinski definition) is 4. The second-order valence-corrected chi connectivity index (χ2v) is 7.59. The number of aromatic nitrogens is 2. The molecule has 7 heteroatoms. The van der Waals surface area contributed by atoms with Crippen molar-refractivity contribution in [1.82, 2.24) is 19.8 Å². The number of carbonyl (C=O) groups excluding carboxylic acids is 2. The number of hydrogen-bond donors (Lipinski definition) is 1. The predicted molar refractivity (Wildman–Crippen MR) is 105 cm³/mol. The van der Waals surface area contributed by atoms with Crippen LogP contribution in [0.5, 0.6) is 0 Å². The van der Waals surface area contributed by atoms with Gasteiger partial charge in [-0.25, -0.2) is 0 Å². The zero-order valence-corrected chi connectivity index (χ0v) is 15.8. The lowest BCUT2D eigenvalue weighted by molar-refractivity contribution is -0.128. The molecule has 7 nitrogen and oxygen atoms in total. The summed E-state index contributed by atoms with van der Waals surface area (Å²) in [5.74, 6) is 0.607. The second kappa shape index (κ2) is 7.96. The maximum Gasteiger partial charge on any atom is 0.266 e. The molecule has 1 atom stereocenters. The van der Waals surface area contributed by atoms with Gasteiger partial charge in [0.1, 0.15) is 0 Å². The lowest BCUT2D eigenvalue weighted by Crippen LogP contribution is -2.44. The van der Waals surface area contributed by atoms with E-state index in [0.717, 1.165) is 44.5 Å². The van der Waals surface area contributed by atoms with Crippen LogP contribution in [0, 0.1) is 5.92 Å². The third kappa shape index (κ3) is 3.98. The van der Waals surface area contributed by atoms with Gasteiger partial charge in [-0.1, -0.05) is 12.1 Å². The quantitative estimate of drug-likeness (QED) is 0.878. The minimum absolute atomic E-state index is 0.0173. The number of nitrogens with zero attached hydrogens (tertiary/aromatic N) is 3. The van der Waals surface area contributed by atoms with Gasteiger partial charge in [-0.3, -0.25) is 19.4 Å². The summed E-state index contributed by atoms with van der Waals surface area (Å²) in [5, 5.41) is 0. The molecule has 3 heterocycles. The summed E-state index contributed by atoms with van der Waals surface area (Å²) in [6.45, 7) is 3.05. The first-order chi connectivity index (χ1) is 13.6. The number of benzene rings is 1. The van der Waals surface area contributed by atoms with Crippen molar-refractivity contribution >= 4 is 11.8 Å². The fraction of sp³-hybridized carbons (Fsp3) is 0.429. The van der Waals surface area contributed by atoms with Crippen LogP contribution in [0.4, 0.5) is 0 Å². The Kier molecular flexibility index (Phi) is 5.23. The van der Waals surface area contributed by atoms with E-state index < -0.39 is 0 Å². The molecule has 2 saturated heterocycles. The number of piperidine rings is 1. The van der Waals surface area contributed by atoms with Crippen molar-refractivity contribution in [3.63, 3.8) is 0 Å². The van der Waals surface area contributed by atoms with Crippen molar-refractivity contribution in [2.24, 2.45) is 5.92 Å². The second-order valence-electron chi connectivity index (χ2n) is 7.59. The molecule has 4 rings (SSSR count). The van der Waals surface area contributed by atoms with E-state index in [4.69, 9.17) is 0 Å². The van der Waals surface area contributed by atoms with Crippen molar-refractivity contribution < 1.29 is 9.59 Å². The van der Waals surface area contributed by atoms with Crippen molar-refractivity contribution in [2.75, 3.05) is 26.2 Å². The number of nitrogens with one attached hydrogen (secondary N) is 1.